The molecule has 0 saturated heterocycles. The van der Waals surface area contributed by atoms with Crippen LogP contribution in [0, 0.1) is 39.3 Å². The van der Waals surface area contributed by atoms with E-state index in [1.54, 1.807) is 66.5 Å². The zero-order valence-corrected chi connectivity index (χ0v) is 40.1. The summed E-state index contributed by atoms with van der Waals surface area (Å²) in [6, 6.07) is 9.78. The van der Waals surface area contributed by atoms with E-state index in [-0.39, 0.29) is 39.6 Å². The molecule has 0 fully saturated rings. The van der Waals surface area contributed by atoms with Crippen molar-refractivity contribution in [3.63, 3.8) is 0 Å². The van der Waals surface area contributed by atoms with Crippen LogP contribution in [-0.4, -0.2) is 102 Å². The largest absolute Gasteiger partial charge is 0.362 e. The SMILES string of the molecule is C.C.Cc1nc(CCNCCc2nc3c(NCc4ncccc4F)nccc3s2)[nH]c1C.Cc1nc(CCNCCc2nc3c(NCc4ncccc4F)nccc3s2)n(S(=O)(=O)N(C)C)c1C. The predicted octanol–water partition coefficient (Wildman–Crippen LogP) is 7.50. The Bertz CT molecular complexity index is 2990. The number of H-pyrrole nitrogens is 1. The predicted molar refractivity (Wildman–Crippen MR) is 270 cm³/mol. The molecule has 8 rings (SSSR count). The van der Waals surface area contributed by atoms with Crippen molar-refractivity contribution in [1.29, 1.82) is 0 Å². The second-order valence-corrected chi connectivity index (χ2v) is 19.7. The minimum absolute atomic E-state index is 0. The average Bonchev–Trinajstić information content (AvgIpc) is 4.07. The first-order chi connectivity index (χ1) is 31.8. The van der Waals surface area contributed by atoms with E-state index in [1.807, 2.05) is 32.9 Å². The summed E-state index contributed by atoms with van der Waals surface area (Å²) < 4.78 is 57.6. The van der Waals surface area contributed by atoms with E-state index in [0.29, 0.717) is 66.2 Å². The molecule has 0 bridgehead atoms. The fourth-order valence-electron chi connectivity index (χ4n) is 6.78. The fraction of sp³-hybridized carbons (Fsp3) is 0.391. The van der Waals surface area contributed by atoms with Crippen LogP contribution in [0.15, 0.2) is 61.2 Å². The lowest BCUT2D eigenvalue weighted by molar-refractivity contribution is 0.506. The van der Waals surface area contributed by atoms with Crippen molar-refractivity contribution in [2.45, 2.75) is 81.3 Å². The molecule has 0 amide bonds. The Hall–Kier alpha value is -5.91. The molecular formula is C46H61F2N15O2S3. The second kappa shape index (κ2) is 24.4. The van der Waals surface area contributed by atoms with Gasteiger partial charge in [0.25, 0.3) is 0 Å². The average molecular weight is 990 g/mol. The summed E-state index contributed by atoms with van der Waals surface area (Å²) in [4.78, 5) is 38.6. The quantitative estimate of drug-likeness (QED) is 0.0469. The highest BCUT2D eigenvalue weighted by molar-refractivity contribution is 7.87. The van der Waals surface area contributed by atoms with Crippen molar-refractivity contribution in [3.8, 4) is 0 Å². The Balaban J connectivity index is 0.000000250. The molecule has 8 heterocycles. The number of fused-ring (bicyclic) bond motifs is 2. The topological polar surface area (TPSA) is 209 Å². The Kier molecular flexibility index (Phi) is 19.0. The number of anilines is 2. The van der Waals surface area contributed by atoms with E-state index in [4.69, 9.17) is 9.97 Å². The molecule has 0 aliphatic carbocycles. The minimum atomic E-state index is -3.63. The zero-order valence-electron chi connectivity index (χ0n) is 37.6. The van der Waals surface area contributed by atoms with Gasteiger partial charge in [0, 0.05) is 96.4 Å². The summed E-state index contributed by atoms with van der Waals surface area (Å²) >= 11 is 3.24. The van der Waals surface area contributed by atoms with Gasteiger partial charge in [-0.2, -0.15) is 12.7 Å². The highest BCUT2D eigenvalue weighted by Gasteiger charge is 2.24. The number of nitrogens with one attached hydrogen (secondary N) is 5. The number of pyridine rings is 4. The maximum absolute atomic E-state index is 13.9. The number of hydrogen-bond acceptors (Lipinski definition) is 16. The summed E-state index contributed by atoms with van der Waals surface area (Å²) in [5, 5.41) is 15.1. The number of aryl methyl sites for hydroxylation is 3. The molecule has 0 unspecified atom stereocenters. The van der Waals surface area contributed by atoms with Gasteiger partial charge in [0.15, 0.2) is 11.6 Å². The molecule has 0 atom stereocenters. The van der Waals surface area contributed by atoms with Crippen LogP contribution in [0.2, 0.25) is 0 Å². The minimum Gasteiger partial charge on any atom is -0.362 e. The van der Waals surface area contributed by atoms with Crippen molar-refractivity contribution in [1.82, 2.24) is 63.8 Å². The number of thiazole rings is 2. The molecule has 0 aliphatic heterocycles. The van der Waals surface area contributed by atoms with Crippen LogP contribution in [0.1, 0.15) is 70.7 Å². The standard InChI is InChI=1S/C23H29FN8O2S2.C21H24FN7S.2CH4/c1-15-16(2)32(36(33,34)31(3)4)20(29-15)8-11-25-12-9-21-30-22-19(35-21)7-13-27-23(22)28-14-18-17(24)6-5-10-26-18;1-13-14(2)28-18(27-13)6-9-23-10-7-19-29-20-17(30-19)5-11-25-21(20)26-12-16-15(22)4-3-8-24-16;;/h5-7,10,13,25H,8-9,11-12,14H2,1-4H3,(H,27,28);3-5,8,11,23H,6-7,9-10,12H2,1-2H3,(H,25,26)(H,27,28);2*1H4. The summed E-state index contributed by atoms with van der Waals surface area (Å²) in [5.74, 6) is 2.07. The number of aromatic amines is 1. The van der Waals surface area contributed by atoms with Gasteiger partial charge in [-0.1, -0.05) is 14.9 Å². The smallest absolute Gasteiger partial charge is 0.308 e. The lowest BCUT2D eigenvalue weighted by atomic mass is 10.3. The Morgan fingerprint density at radius 2 is 1.15 bits per heavy atom. The van der Waals surface area contributed by atoms with Crippen molar-refractivity contribution >= 4 is 65.0 Å². The van der Waals surface area contributed by atoms with Gasteiger partial charge in [0.1, 0.15) is 34.3 Å². The number of halogens is 2. The van der Waals surface area contributed by atoms with Gasteiger partial charge in [-0.25, -0.2) is 42.7 Å². The first-order valence-corrected chi connectivity index (χ1v) is 24.4. The van der Waals surface area contributed by atoms with Gasteiger partial charge >= 0.3 is 10.2 Å². The number of nitrogens with zero attached hydrogens (tertiary/aromatic N) is 10. The van der Waals surface area contributed by atoms with E-state index in [1.165, 1.54) is 34.5 Å². The number of rotatable bonds is 20. The first kappa shape index (κ1) is 53.1. The van der Waals surface area contributed by atoms with Crippen LogP contribution in [0.5, 0.6) is 0 Å². The van der Waals surface area contributed by atoms with Crippen molar-refractivity contribution < 1.29 is 17.2 Å². The van der Waals surface area contributed by atoms with Crippen LogP contribution in [-0.2, 0) is 49.0 Å². The molecule has 0 saturated carbocycles. The van der Waals surface area contributed by atoms with E-state index >= 15 is 0 Å². The number of imidazole rings is 2. The maximum atomic E-state index is 13.9. The van der Waals surface area contributed by atoms with Crippen LogP contribution >= 0.6 is 22.7 Å². The molecular weight excluding hydrogens is 929 g/mol. The van der Waals surface area contributed by atoms with Gasteiger partial charge in [-0.05, 0) is 64.1 Å². The van der Waals surface area contributed by atoms with Crippen LogP contribution in [0.3, 0.4) is 0 Å². The molecule has 0 aliphatic rings. The molecule has 5 N–H and O–H groups in total. The Morgan fingerprint density at radius 1 is 0.647 bits per heavy atom. The van der Waals surface area contributed by atoms with Gasteiger partial charge in [-0.3, -0.25) is 9.97 Å². The lowest BCUT2D eigenvalue weighted by Crippen LogP contribution is -2.32. The van der Waals surface area contributed by atoms with E-state index in [9.17, 15) is 17.2 Å². The second-order valence-electron chi connectivity index (χ2n) is 15.4. The van der Waals surface area contributed by atoms with Gasteiger partial charge in [0.2, 0.25) is 0 Å². The van der Waals surface area contributed by atoms with Crippen molar-refractivity contribution in [3.05, 3.63) is 129 Å². The van der Waals surface area contributed by atoms with Crippen LogP contribution < -0.4 is 21.3 Å². The molecule has 0 spiro atoms. The third-order valence-corrected chi connectivity index (χ3v) is 14.6. The van der Waals surface area contributed by atoms with Gasteiger partial charge in [0.05, 0.1) is 61.0 Å². The molecule has 8 aromatic rings. The Labute approximate surface area is 405 Å². The number of hydrogen-bond donors (Lipinski definition) is 5. The van der Waals surface area contributed by atoms with Crippen molar-refractivity contribution in [2.75, 3.05) is 50.9 Å². The van der Waals surface area contributed by atoms with Gasteiger partial charge in [-0.15, -0.1) is 22.7 Å². The molecule has 17 nitrogen and oxygen atoms in total. The van der Waals surface area contributed by atoms with Crippen LogP contribution in [0.25, 0.3) is 20.4 Å². The highest BCUT2D eigenvalue weighted by atomic mass is 32.2. The monoisotopic (exact) mass is 989 g/mol. The Morgan fingerprint density at radius 3 is 1.62 bits per heavy atom. The van der Waals surface area contributed by atoms with E-state index in [2.05, 4.69) is 56.2 Å². The lowest BCUT2D eigenvalue weighted by Gasteiger charge is -2.16. The fourth-order valence-corrected chi connectivity index (χ4v) is 9.91. The molecule has 68 heavy (non-hydrogen) atoms. The molecule has 8 aromatic heterocycles. The van der Waals surface area contributed by atoms with Gasteiger partial charge < -0.3 is 26.3 Å². The van der Waals surface area contributed by atoms with E-state index in [0.717, 1.165) is 73.6 Å². The normalized spacial score (nSPS) is 11.4. The molecule has 364 valence electrons. The summed E-state index contributed by atoms with van der Waals surface area (Å²) in [6.07, 6.45) is 9.47. The summed E-state index contributed by atoms with van der Waals surface area (Å²) in [7, 11) is -0.610. The van der Waals surface area contributed by atoms with E-state index < -0.39 is 10.2 Å². The molecule has 0 radical (unpaired) electrons. The third kappa shape index (κ3) is 13.2. The first-order valence-electron chi connectivity index (χ1n) is 21.3. The van der Waals surface area contributed by atoms with Crippen molar-refractivity contribution in [2.24, 2.45) is 0 Å². The molecule has 0 aromatic carbocycles. The summed E-state index contributed by atoms with van der Waals surface area (Å²) in [5.41, 5.74) is 5.75. The maximum Gasteiger partial charge on any atom is 0.308 e. The summed E-state index contributed by atoms with van der Waals surface area (Å²) in [6.45, 7) is 11.1. The number of aromatic nitrogens is 10. The molecule has 22 heteroatoms. The van der Waals surface area contributed by atoms with Crippen LogP contribution in [0.4, 0.5) is 20.4 Å². The third-order valence-electron chi connectivity index (χ3n) is 10.5. The highest BCUT2D eigenvalue weighted by Crippen LogP contribution is 2.28. The zero-order chi connectivity index (χ0) is 46.8.